The van der Waals surface area contributed by atoms with Crippen LogP contribution in [0.2, 0.25) is 0 Å². The predicted molar refractivity (Wildman–Crippen MR) is 118 cm³/mol. The standard InChI is InChI=1S/C19H32N4O.HI/c1-4-6-7-8-14-21-19(20-5-2)22-15-13-17-9-11-18(12-10-17)23-16(3)24;/h9-12H,4-8,13-15H2,1-3H3,(H,23,24)(H2,20,21,22);1H. The summed E-state index contributed by atoms with van der Waals surface area (Å²) in [7, 11) is 0. The molecule has 0 aromatic heterocycles. The SMILES string of the molecule is CCCCCCN=C(NCC)NCCc1ccc(NC(C)=O)cc1.I. The van der Waals surface area contributed by atoms with Gasteiger partial charge in [-0.2, -0.15) is 0 Å². The number of benzene rings is 1. The molecular formula is C19H33IN4O. The van der Waals surface area contributed by atoms with Gasteiger partial charge in [-0.1, -0.05) is 38.3 Å². The Morgan fingerprint density at radius 1 is 1.04 bits per heavy atom. The topological polar surface area (TPSA) is 65.5 Å². The molecule has 0 aliphatic heterocycles. The first-order valence-corrected chi connectivity index (χ1v) is 9.04. The van der Waals surface area contributed by atoms with E-state index in [1.54, 1.807) is 0 Å². The highest BCUT2D eigenvalue weighted by molar-refractivity contribution is 14.0. The minimum absolute atomic E-state index is 0. The number of aliphatic imine (C=N–C) groups is 1. The van der Waals surface area contributed by atoms with Crippen LogP contribution in [0, 0.1) is 0 Å². The molecule has 0 radical (unpaired) electrons. The third-order valence-electron chi connectivity index (χ3n) is 3.61. The average molecular weight is 460 g/mol. The lowest BCUT2D eigenvalue weighted by molar-refractivity contribution is -0.114. The number of nitrogens with one attached hydrogen (secondary N) is 3. The zero-order valence-electron chi connectivity index (χ0n) is 15.7. The van der Waals surface area contributed by atoms with E-state index >= 15 is 0 Å². The first kappa shape index (κ1) is 23.7. The van der Waals surface area contributed by atoms with Gasteiger partial charge in [0, 0.05) is 32.2 Å². The first-order valence-electron chi connectivity index (χ1n) is 9.04. The number of nitrogens with zero attached hydrogens (tertiary/aromatic N) is 1. The van der Waals surface area contributed by atoms with Gasteiger partial charge in [-0.05, 0) is 37.5 Å². The van der Waals surface area contributed by atoms with Crippen LogP contribution in [0.5, 0.6) is 0 Å². The van der Waals surface area contributed by atoms with Crippen LogP contribution in [0.25, 0.3) is 0 Å². The Hall–Kier alpha value is -1.31. The van der Waals surface area contributed by atoms with Crippen molar-refractivity contribution in [2.75, 3.05) is 25.0 Å². The summed E-state index contributed by atoms with van der Waals surface area (Å²) in [6, 6.07) is 7.96. The highest BCUT2D eigenvalue weighted by atomic mass is 127. The van der Waals surface area contributed by atoms with E-state index in [-0.39, 0.29) is 29.9 Å². The fourth-order valence-corrected chi connectivity index (χ4v) is 2.35. The van der Waals surface area contributed by atoms with E-state index in [0.717, 1.165) is 44.1 Å². The zero-order valence-corrected chi connectivity index (χ0v) is 18.1. The van der Waals surface area contributed by atoms with Crippen LogP contribution in [0.15, 0.2) is 29.3 Å². The molecule has 1 aromatic rings. The molecule has 0 saturated heterocycles. The number of rotatable bonds is 10. The largest absolute Gasteiger partial charge is 0.357 e. The van der Waals surface area contributed by atoms with Crippen molar-refractivity contribution in [2.45, 2.75) is 52.9 Å². The summed E-state index contributed by atoms with van der Waals surface area (Å²) in [4.78, 5) is 15.6. The van der Waals surface area contributed by atoms with Crippen LogP contribution in [0.4, 0.5) is 5.69 Å². The molecule has 0 aliphatic rings. The van der Waals surface area contributed by atoms with Crippen molar-refractivity contribution in [3.8, 4) is 0 Å². The second-order valence-electron chi connectivity index (χ2n) is 5.88. The number of amides is 1. The number of halogens is 1. The number of hydrogen-bond acceptors (Lipinski definition) is 2. The van der Waals surface area contributed by atoms with Gasteiger partial charge >= 0.3 is 0 Å². The van der Waals surface area contributed by atoms with Crippen molar-refractivity contribution < 1.29 is 4.79 Å². The Morgan fingerprint density at radius 2 is 1.76 bits per heavy atom. The molecule has 0 fully saturated rings. The van der Waals surface area contributed by atoms with Crippen molar-refractivity contribution in [1.82, 2.24) is 10.6 Å². The lowest BCUT2D eigenvalue weighted by atomic mass is 10.1. The van der Waals surface area contributed by atoms with Gasteiger partial charge in [0.1, 0.15) is 0 Å². The Balaban J connectivity index is 0.00000576. The van der Waals surface area contributed by atoms with Gasteiger partial charge in [0.25, 0.3) is 0 Å². The van der Waals surface area contributed by atoms with Crippen LogP contribution in [-0.4, -0.2) is 31.5 Å². The molecule has 3 N–H and O–H groups in total. The van der Waals surface area contributed by atoms with Crippen LogP contribution in [0.1, 0.15) is 52.0 Å². The van der Waals surface area contributed by atoms with Crippen molar-refractivity contribution in [2.24, 2.45) is 4.99 Å². The Bertz CT molecular complexity index is 503. The second-order valence-corrected chi connectivity index (χ2v) is 5.88. The summed E-state index contributed by atoms with van der Waals surface area (Å²) >= 11 is 0. The molecule has 0 saturated carbocycles. The van der Waals surface area contributed by atoms with Crippen molar-refractivity contribution in [3.63, 3.8) is 0 Å². The molecule has 142 valence electrons. The highest BCUT2D eigenvalue weighted by Gasteiger charge is 1.99. The fraction of sp³-hybridized carbons (Fsp3) is 0.579. The molecule has 25 heavy (non-hydrogen) atoms. The van der Waals surface area contributed by atoms with Crippen LogP contribution in [-0.2, 0) is 11.2 Å². The van der Waals surface area contributed by atoms with E-state index in [0.29, 0.717) is 0 Å². The van der Waals surface area contributed by atoms with E-state index < -0.39 is 0 Å². The fourth-order valence-electron chi connectivity index (χ4n) is 2.35. The zero-order chi connectivity index (χ0) is 17.6. The van der Waals surface area contributed by atoms with Crippen LogP contribution in [0.3, 0.4) is 0 Å². The third-order valence-corrected chi connectivity index (χ3v) is 3.61. The molecule has 0 spiro atoms. The summed E-state index contributed by atoms with van der Waals surface area (Å²) in [6.45, 7) is 8.39. The van der Waals surface area contributed by atoms with Gasteiger partial charge in [-0.3, -0.25) is 9.79 Å². The molecule has 0 aliphatic carbocycles. The molecule has 1 aromatic carbocycles. The number of carbonyl (C=O) groups is 1. The highest BCUT2D eigenvalue weighted by Crippen LogP contribution is 2.09. The molecule has 5 nitrogen and oxygen atoms in total. The molecule has 0 heterocycles. The Labute approximate surface area is 169 Å². The number of unbranched alkanes of at least 4 members (excludes halogenated alkanes) is 3. The van der Waals surface area contributed by atoms with Crippen LogP contribution < -0.4 is 16.0 Å². The van der Waals surface area contributed by atoms with Gasteiger partial charge in [0.15, 0.2) is 5.96 Å². The van der Waals surface area contributed by atoms with Gasteiger partial charge in [0.05, 0.1) is 0 Å². The van der Waals surface area contributed by atoms with Gasteiger partial charge < -0.3 is 16.0 Å². The van der Waals surface area contributed by atoms with Crippen molar-refractivity contribution in [3.05, 3.63) is 29.8 Å². The molecule has 1 amide bonds. The van der Waals surface area contributed by atoms with E-state index in [9.17, 15) is 4.79 Å². The molecule has 0 bridgehead atoms. The molecule has 0 unspecified atom stereocenters. The van der Waals surface area contributed by atoms with Crippen LogP contribution >= 0.6 is 24.0 Å². The second kappa shape index (κ2) is 15.0. The Morgan fingerprint density at radius 3 is 2.36 bits per heavy atom. The Kier molecular flexibility index (Phi) is 14.2. The predicted octanol–water partition coefficient (Wildman–Crippen LogP) is 3.94. The van der Waals surface area contributed by atoms with Gasteiger partial charge in [0.2, 0.25) is 5.91 Å². The normalized spacial score (nSPS) is 10.8. The summed E-state index contributed by atoms with van der Waals surface area (Å²) in [5, 5.41) is 9.43. The first-order chi connectivity index (χ1) is 11.7. The molecule has 6 heteroatoms. The van der Waals surface area contributed by atoms with Gasteiger partial charge in [-0.15, -0.1) is 24.0 Å². The number of hydrogen-bond donors (Lipinski definition) is 3. The van der Waals surface area contributed by atoms with E-state index in [1.807, 2.05) is 24.3 Å². The smallest absolute Gasteiger partial charge is 0.221 e. The van der Waals surface area contributed by atoms with Gasteiger partial charge in [-0.25, -0.2) is 0 Å². The summed E-state index contributed by atoms with van der Waals surface area (Å²) in [5.41, 5.74) is 2.07. The summed E-state index contributed by atoms with van der Waals surface area (Å²) < 4.78 is 0. The maximum Gasteiger partial charge on any atom is 0.221 e. The molecule has 0 atom stereocenters. The minimum Gasteiger partial charge on any atom is -0.357 e. The number of guanidine groups is 1. The quantitative estimate of drug-likeness (QED) is 0.215. The van der Waals surface area contributed by atoms with E-state index in [4.69, 9.17) is 0 Å². The molecule has 1 rings (SSSR count). The third kappa shape index (κ3) is 11.8. The van der Waals surface area contributed by atoms with E-state index in [2.05, 4.69) is 34.8 Å². The lowest BCUT2D eigenvalue weighted by Gasteiger charge is -2.11. The monoisotopic (exact) mass is 460 g/mol. The van der Waals surface area contributed by atoms with Crippen molar-refractivity contribution in [1.29, 1.82) is 0 Å². The van der Waals surface area contributed by atoms with E-state index in [1.165, 1.54) is 31.7 Å². The maximum absolute atomic E-state index is 11.0. The lowest BCUT2D eigenvalue weighted by Crippen LogP contribution is -2.38. The molecular weight excluding hydrogens is 427 g/mol. The maximum atomic E-state index is 11.0. The number of carbonyl (C=O) groups excluding carboxylic acids is 1. The minimum atomic E-state index is -0.0464. The summed E-state index contributed by atoms with van der Waals surface area (Å²) in [6.07, 6.45) is 5.85. The van der Waals surface area contributed by atoms with Crippen molar-refractivity contribution >= 4 is 41.5 Å². The number of anilines is 1. The average Bonchev–Trinajstić information content (AvgIpc) is 2.55. The summed E-state index contributed by atoms with van der Waals surface area (Å²) in [5.74, 6) is 0.846.